The molecule has 0 atom stereocenters. The van der Waals surface area contributed by atoms with Crippen molar-refractivity contribution in [1.82, 2.24) is 4.98 Å². The Morgan fingerprint density at radius 1 is 1.00 bits per heavy atom. The highest BCUT2D eigenvalue weighted by Crippen LogP contribution is 2.26. The van der Waals surface area contributed by atoms with Crippen LogP contribution in [0.4, 0.5) is 0 Å². The van der Waals surface area contributed by atoms with Gasteiger partial charge in [-0.2, -0.15) is 0 Å². The maximum atomic E-state index is 4.37. The Bertz CT molecular complexity index is 483. The van der Waals surface area contributed by atoms with Crippen LogP contribution in [-0.4, -0.2) is 4.98 Å². The standard InChI is InChI=1S/C17H21N/c1-4-17(2,3)13-14-8-10-15(11-9-14)16-7-5-6-12-18-16/h5-12H,4,13H2,1-3H3. The molecule has 0 aliphatic heterocycles. The molecule has 1 nitrogen and oxygen atoms in total. The van der Waals surface area contributed by atoms with E-state index in [-0.39, 0.29) is 0 Å². The smallest absolute Gasteiger partial charge is 0.0701 e. The quantitative estimate of drug-likeness (QED) is 0.751. The molecule has 0 saturated carbocycles. The first kappa shape index (κ1) is 12.8. The maximum absolute atomic E-state index is 4.37. The average Bonchev–Trinajstić information content (AvgIpc) is 2.40. The van der Waals surface area contributed by atoms with Crippen molar-refractivity contribution in [3.05, 3.63) is 54.2 Å². The summed E-state index contributed by atoms with van der Waals surface area (Å²) in [5.41, 5.74) is 4.01. The van der Waals surface area contributed by atoms with Gasteiger partial charge in [0.05, 0.1) is 5.69 Å². The van der Waals surface area contributed by atoms with Gasteiger partial charge < -0.3 is 0 Å². The summed E-state index contributed by atoms with van der Waals surface area (Å²) in [6.45, 7) is 6.89. The van der Waals surface area contributed by atoms with Crippen molar-refractivity contribution in [3.63, 3.8) is 0 Å². The van der Waals surface area contributed by atoms with Gasteiger partial charge in [0, 0.05) is 11.8 Å². The van der Waals surface area contributed by atoms with E-state index in [1.165, 1.54) is 17.5 Å². The van der Waals surface area contributed by atoms with E-state index >= 15 is 0 Å². The van der Waals surface area contributed by atoms with Gasteiger partial charge in [-0.15, -0.1) is 0 Å². The Kier molecular flexibility index (Phi) is 3.81. The van der Waals surface area contributed by atoms with Crippen LogP contribution >= 0.6 is 0 Å². The minimum Gasteiger partial charge on any atom is -0.256 e. The van der Waals surface area contributed by atoms with Gasteiger partial charge in [0.15, 0.2) is 0 Å². The Labute approximate surface area is 110 Å². The maximum Gasteiger partial charge on any atom is 0.0701 e. The van der Waals surface area contributed by atoms with Gasteiger partial charge in [0.1, 0.15) is 0 Å². The summed E-state index contributed by atoms with van der Waals surface area (Å²) >= 11 is 0. The second-order valence-electron chi connectivity index (χ2n) is 5.61. The number of pyridine rings is 1. The minimum absolute atomic E-state index is 0.381. The second-order valence-corrected chi connectivity index (χ2v) is 5.61. The molecule has 18 heavy (non-hydrogen) atoms. The van der Waals surface area contributed by atoms with Crippen LogP contribution in [0.5, 0.6) is 0 Å². The molecule has 1 heterocycles. The number of hydrogen-bond donors (Lipinski definition) is 0. The van der Waals surface area contributed by atoms with Gasteiger partial charge in [0.2, 0.25) is 0 Å². The zero-order valence-electron chi connectivity index (χ0n) is 11.5. The summed E-state index contributed by atoms with van der Waals surface area (Å²) < 4.78 is 0. The van der Waals surface area contributed by atoms with E-state index in [0.717, 1.165) is 12.1 Å². The molecule has 0 aliphatic carbocycles. The van der Waals surface area contributed by atoms with Crippen molar-refractivity contribution in [3.8, 4) is 11.3 Å². The summed E-state index contributed by atoms with van der Waals surface area (Å²) in [5, 5.41) is 0. The van der Waals surface area contributed by atoms with E-state index in [4.69, 9.17) is 0 Å². The zero-order chi connectivity index (χ0) is 13.0. The summed E-state index contributed by atoms with van der Waals surface area (Å²) in [6, 6.07) is 14.8. The lowest BCUT2D eigenvalue weighted by Crippen LogP contribution is -2.13. The number of rotatable bonds is 4. The summed E-state index contributed by atoms with van der Waals surface area (Å²) in [6.07, 6.45) is 4.17. The van der Waals surface area contributed by atoms with Crippen LogP contribution in [-0.2, 0) is 6.42 Å². The second kappa shape index (κ2) is 5.34. The molecule has 0 amide bonds. The highest BCUT2D eigenvalue weighted by Gasteiger charge is 2.15. The van der Waals surface area contributed by atoms with Crippen LogP contribution in [0.15, 0.2) is 48.7 Å². The monoisotopic (exact) mass is 239 g/mol. The van der Waals surface area contributed by atoms with E-state index in [0.29, 0.717) is 5.41 Å². The largest absolute Gasteiger partial charge is 0.256 e. The van der Waals surface area contributed by atoms with E-state index in [1.54, 1.807) is 0 Å². The van der Waals surface area contributed by atoms with Crippen LogP contribution in [0.2, 0.25) is 0 Å². The number of nitrogens with zero attached hydrogens (tertiary/aromatic N) is 1. The first-order chi connectivity index (χ1) is 8.61. The molecular weight excluding hydrogens is 218 g/mol. The Morgan fingerprint density at radius 3 is 2.28 bits per heavy atom. The van der Waals surface area contributed by atoms with Crippen LogP contribution < -0.4 is 0 Å². The summed E-state index contributed by atoms with van der Waals surface area (Å²) in [4.78, 5) is 4.37. The first-order valence-corrected chi connectivity index (χ1v) is 6.61. The normalized spacial score (nSPS) is 11.5. The summed E-state index contributed by atoms with van der Waals surface area (Å²) in [7, 11) is 0. The molecule has 2 rings (SSSR count). The first-order valence-electron chi connectivity index (χ1n) is 6.61. The average molecular weight is 239 g/mol. The molecule has 0 bridgehead atoms. The molecule has 1 heteroatoms. The lowest BCUT2D eigenvalue weighted by Gasteiger charge is -2.22. The van der Waals surface area contributed by atoms with Crippen molar-refractivity contribution in [2.75, 3.05) is 0 Å². The Balaban J connectivity index is 2.16. The molecule has 0 spiro atoms. The molecule has 0 N–H and O–H groups in total. The molecule has 94 valence electrons. The van der Waals surface area contributed by atoms with Gasteiger partial charge in [-0.3, -0.25) is 4.98 Å². The molecule has 0 saturated heterocycles. The molecular formula is C17H21N. The number of benzene rings is 1. The van der Waals surface area contributed by atoms with E-state index in [1.807, 2.05) is 24.4 Å². The Morgan fingerprint density at radius 2 is 1.72 bits per heavy atom. The topological polar surface area (TPSA) is 12.9 Å². The van der Waals surface area contributed by atoms with Gasteiger partial charge in [-0.05, 0) is 29.5 Å². The molecule has 2 aromatic rings. The fraction of sp³-hybridized carbons (Fsp3) is 0.353. The van der Waals surface area contributed by atoms with E-state index in [2.05, 4.69) is 50.0 Å². The molecule has 0 fully saturated rings. The van der Waals surface area contributed by atoms with Gasteiger partial charge >= 0.3 is 0 Å². The van der Waals surface area contributed by atoms with Crippen LogP contribution in [0.1, 0.15) is 32.8 Å². The van der Waals surface area contributed by atoms with Gasteiger partial charge in [-0.25, -0.2) is 0 Å². The third-order valence-corrected chi connectivity index (χ3v) is 3.55. The SMILES string of the molecule is CCC(C)(C)Cc1ccc(-c2ccccn2)cc1. The van der Waals surface area contributed by atoms with Crippen molar-refractivity contribution in [2.45, 2.75) is 33.6 Å². The number of hydrogen-bond acceptors (Lipinski definition) is 1. The molecule has 1 aromatic carbocycles. The van der Waals surface area contributed by atoms with Crippen molar-refractivity contribution in [2.24, 2.45) is 5.41 Å². The molecule has 1 aromatic heterocycles. The van der Waals surface area contributed by atoms with E-state index in [9.17, 15) is 0 Å². The highest BCUT2D eigenvalue weighted by atomic mass is 14.7. The van der Waals surface area contributed by atoms with Crippen molar-refractivity contribution in [1.29, 1.82) is 0 Å². The predicted octanol–water partition coefficient (Wildman–Crippen LogP) is 4.73. The fourth-order valence-corrected chi connectivity index (χ4v) is 2.00. The zero-order valence-corrected chi connectivity index (χ0v) is 11.5. The van der Waals surface area contributed by atoms with Gasteiger partial charge in [0.25, 0.3) is 0 Å². The third kappa shape index (κ3) is 3.19. The predicted molar refractivity (Wildman–Crippen MR) is 77.4 cm³/mol. The lowest BCUT2D eigenvalue weighted by molar-refractivity contribution is 0.349. The molecule has 0 radical (unpaired) electrons. The third-order valence-electron chi connectivity index (χ3n) is 3.55. The van der Waals surface area contributed by atoms with Crippen molar-refractivity contribution < 1.29 is 0 Å². The van der Waals surface area contributed by atoms with Gasteiger partial charge in [-0.1, -0.05) is 57.5 Å². The number of aromatic nitrogens is 1. The van der Waals surface area contributed by atoms with Crippen molar-refractivity contribution >= 4 is 0 Å². The Hall–Kier alpha value is -1.63. The van der Waals surface area contributed by atoms with Crippen LogP contribution in [0.3, 0.4) is 0 Å². The van der Waals surface area contributed by atoms with Crippen LogP contribution in [0.25, 0.3) is 11.3 Å². The molecule has 0 unspecified atom stereocenters. The fourth-order valence-electron chi connectivity index (χ4n) is 2.00. The molecule has 0 aliphatic rings. The highest BCUT2D eigenvalue weighted by molar-refractivity contribution is 5.59. The summed E-state index contributed by atoms with van der Waals surface area (Å²) in [5.74, 6) is 0. The van der Waals surface area contributed by atoms with Crippen LogP contribution in [0, 0.1) is 5.41 Å². The van der Waals surface area contributed by atoms with E-state index < -0.39 is 0 Å². The lowest BCUT2D eigenvalue weighted by atomic mass is 9.83. The minimum atomic E-state index is 0.381.